The number of rotatable bonds is 13. The van der Waals surface area contributed by atoms with Crippen LogP contribution in [-0.4, -0.2) is 28.4 Å². The van der Waals surface area contributed by atoms with Crippen molar-refractivity contribution in [3.05, 3.63) is 41.9 Å². The van der Waals surface area contributed by atoms with E-state index in [1.165, 1.54) is 19.3 Å². The first-order valence-electron chi connectivity index (χ1n) is 8.95. The van der Waals surface area contributed by atoms with Crippen LogP contribution in [0.2, 0.25) is 0 Å². The molecule has 4 nitrogen and oxygen atoms in total. The summed E-state index contributed by atoms with van der Waals surface area (Å²) in [7, 11) is 0. The van der Waals surface area contributed by atoms with Gasteiger partial charge in [-0.25, -0.2) is 0 Å². The monoisotopic (exact) mass is 334 g/mol. The molecule has 0 saturated carbocycles. The van der Waals surface area contributed by atoms with Crippen molar-refractivity contribution in [3.8, 4) is 0 Å². The molecule has 1 aliphatic rings. The quantitative estimate of drug-likeness (QED) is 0.162. The Labute approximate surface area is 145 Å². The molecule has 0 spiro atoms. The largest absolute Gasteiger partial charge is 0.504 e. The lowest BCUT2D eigenvalue weighted by molar-refractivity contribution is -0.137. The van der Waals surface area contributed by atoms with Gasteiger partial charge in [0, 0.05) is 12.8 Å². The van der Waals surface area contributed by atoms with Gasteiger partial charge in [0.25, 0.3) is 0 Å². The molecule has 0 amide bonds. The molecule has 1 saturated heterocycles. The highest BCUT2D eigenvalue weighted by atomic mass is 16.6. The Kier molecular flexibility index (Phi) is 10.7. The van der Waals surface area contributed by atoms with Gasteiger partial charge in [-0.2, -0.15) is 0 Å². The number of aliphatic hydroxyl groups excluding tert-OH is 1. The SMILES string of the molecule is CCCCC/C=C/CC1OC1C=C=C(O)C/C=C/CCCC(=O)O. The van der Waals surface area contributed by atoms with Gasteiger partial charge in [-0.1, -0.05) is 49.8 Å². The van der Waals surface area contributed by atoms with Crippen LogP contribution < -0.4 is 0 Å². The molecular formula is C20H30O4. The second-order valence-electron chi connectivity index (χ2n) is 6.06. The molecule has 0 aliphatic carbocycles. The Balaban J connectivity index is 2.13. The molecule has 24 heavy (non-hydrogen) atoms. The number of carboxylic acids is 1. The van der Waals surface area contributed by atoms with E-state index in [1.54, 1.807) is 6.08 Å². The molecule has 2 unspecified atom stereocenters. The van der Waals surface area contributed by atoms with Crippen molar-refractivity contribution in [2.75, 3.05) is 0 Å². The van der Waals surface area contributed by atoms with E-state index < -0.39 is 5.97 Å². The third kappa shape index (κ3) is 10.9. The Morgan fingerprint density at radius 3 is 2.58 bits per heavy atom. The summed E-state index contributed by atoms with van der Waals surface area (Å²) in [6.45, 7) is 2.21. The second-order valence-corrected chi connectivity index (χ2v) is 6.06. The number of aliphatic hydroxyl groups is 1. The van der Waals surface area contributed by atoms with E-state index in [1.807, 2.05) is 12.2 Å². The van der Waals surface area contributed by atoms with E-state index in [-0.39, 0.29) is 24.4 Å². The van der Waals surface area contributed by atoms with Crippen molar-refractivity contribution < 1.29 is 19.7 Å². The average Bonchev–Trinajstić information content (AvgIpc) is 3.30. The van der Waals surface area contributed by atoms with Crippen LogP contribution in [-0.2, 0) is 9.53 Å². The summed E-state index contributed by atoms with van der Waals surface area (Å²) in [5.74, 6) is -0.599. The van der Waals surface area contributed by atoms with Crippen LogP contribution in [0, 0.1) is 0 Å². The van der Waals surface area contributed by atoms with Crippen molar-refractivity contribution in [3.63, 3.8) is 0 Å². The number of ether oxygens (including phenoxy) is 1. The maximum atomic E-state index is 10.3. The zero-order valence-corrected chi connectivity index (χ0v) is 14.6. The second kappa shape index (κ2) is 12.6. The topological polar surface area (TPSA) is 70.1 Å². The smallest absolute Gasteiger partial charge is 0.303 e. The Morgan fingerprint density at radius 2 is 1.83 bits per heavy atom. The van der Waals surface area contributed by atoms with Gasteiger partial charge in [0.05, 0.1) is 6.10 Å². The van der Waals surface area contributed by atoms with Crippen LogP contribution >= 0.6 is 0 Å². The number of allylic oxidation sites excluding steroid dienone is 2. The van der Waals surface area contributed by atoms with Crippen LogP contribution in [0.4, 0.5) is 0 Å². The molecule has 0 aromatic rings. The minimum Gasteiger partial charge on any atom is -0.504 e. The molecule has 0 aromatic carbocycles. The van der Waals surface area contributed by atoms with E-state index in [9.17, 15) is 9.90 Å². The summed E-state index contributed by atoms with van der Waals surface area (Å²) < 4.78 is 5.51. The summed E-state index contributed by atoms with van der Waals surface area (Å²) >= 11 is 0. The van der Waals surface area contributed by atoms with Crippen molar-refractivity contribution in [1.82, 2.24) is 0 Å². The Hall–Kier alpha value is -1.77. The van der Waals surface area contributed by atoms with Crippen molar-refractivity contribution in [2.24, 2.45) is 0 Å². The highest BCUT2D eigenvalue weighted by molar-refractivity contribution is 5.66. The van der Waals surface area contributed by atoms with Crippen LogP contribution in [0.15, 0.2) is 41.9 Å². The molecule has 2 N–H and O–H groups in total. The number of unbranched alkanes of at least 4 members (excludes halogenated alkanes) is 4. The minimum absolute atomic E-state index is 0.0620. The zero-order valence-electron chi connectivity index (χ0n) is 14.6. The third-order valence-corrected chi connectivity index (χ3v) is 3.78. The molecule has 1 fully saturated rings. The van der Waals surface area contributed by atoms with Gasteiger partial charge in [-0.3, -0.25) is 4.79 Å². The Morgan fingerprint density at radius 1 is 1.08 bits per heavy atom. The van der Waals surface area contributed by atoms with Crippen molar-refractivity contribution in [1.29, 1.82) is 0 Å². The van der Waals surface area contributed by atoms with Crippen LogP contribution in [0.5, 0.6) is 0 Å². The predicted molar refractivity (Wildman–Crippen MR) is 96.0 cm³/mol. The van der Waals surface area contributed by atoms with Crippen LogP contribution in [0.1, 0.15) is 64.7 Å². The fourth-order valence-electron chi connectivity index (χ4n) is 2.27. The van der Waals surface area contributed by atoms with E-state index >= 15 is 0 Å². The number of carboxylic acid groups (broad SMARTS) is 1. The van der Waals surface area contributed by atoms with E-state index in [4.69, 9.17) is 9.84 Å². The van der Waals surface area contributed by atoms with E-state index in [0.717, 1.165) is 12.8 Å². The fourth-order valence-corrected chi connectivity index (χ4v) is 2.27. The lowest BCUT2D eigenvalue weighted by Crippen LogP contribution is -1.92. The number of hydrogen-bond donors (Lipinski definition) is 2. The van der Waals surface area contributed by atoms with Gasteiger partial charge in [0.15, 0.2) is 0 Å². The summed E-state index contributed by atoms with van der Waals surface area (Å²) in [6.07, 6.45) is 18.0. The van der Waals surface area contributed by atoms with Crippen molar-refractivity contribution >= 4 is 5.97 Å². The minimum atomic E-state index is -0.774. The molecule has 0 bridgehead atoms. The Bertz CT molecular complexity index is 484. The van der Waals surface area contributed by atoms with Gasteiger partial charge in [-0.05, 0) is 38.2 Å². The van der Waals surface area contributed by atoms with Gasteiger partial charge in [0.2, 0.25) is 0 Å². The molecule has 2 atom stereocenters. The highest BCUT2D eigenvalue weighted by Crippen LogP contribution is 2.26. The maximum absolute atomic E-state index is 10.3. The summed E-state index contributed by atoms with van der Waals surface area (Å²) in [5.41, 5.74) is 2.85. The standard InChI is InChI=1S/C20H30O4/c1-2-3-4-5-6-10-13-18-19(24-18)16-15-17(21)12-9-7-8-11-14-20(22)23/h6-7,9-10,16,18-19,21H,2-5,8,11-14H2,1H3,(H,22,23)/b9-7+,10-6+. The molecule has 0 aromatic heterocycles. The van der Waals surface area contributed by atoms with Gasteiger partial charge in [0.1, 0.15) is 11.9 Å². The number of aliphatic carboxylic acids is 1. The summed E-state index contributed by atoms with van der Waals surface area (Å²) in [4.78, 5) is 10.3. The first kappa shape index (κ1) is 20.3. The molecule has 134 valence electrons. The molecule has 0 radical (unpaired) electrons. The molecule has 1 heterocycles. The third-order valence-electron chi connectivity index (χ3n) is 3.78. The fraction of sp³-hybridized carbons (Fsp3) is 0.600. The maximum Gasteiger partial charge on any atom is 0.303 e. The normalized spacial score (nSPS) is 19.5. The average molecular weight is 334 g/mol. The van der Waals surface area contributed by atoms with E-state index in [0.29, 0.717) is 19.3 Å². The van der Waals surface area contributed by atoms with Crippen molar-refractivity contribution in [2.45, 2.75) is 76.9 Å². The lowest BCUT2D eigenvalue weighted by atomic mass is 10.1. The number of hydrogen-bond acceptors (Lipinski definition) is 3. The van der Waals surface area contributed by atoms with Gasteiger partial charge < -0.3 is 14.9 Å². The van der Waals surface area contributed by atoms with Gasteiger partial charge in [-0.15, -0.1) is 0 Å². The molecule has 1 rings (SSSR count). The van der Waals surface area contributed by atoms with Crippen LogP contribution in [0.25, 0.3) is 0 Å². The highest BCUT2D eigenvalue weighted by Gasteiger charge is 2.35. The number of carbonyl (C=O) groups is 1. The molecular weight excluding hydrogens is 304 g/mol. The zero-order chi connectivity index (χ0) is 17.6. The van der Waals surface area contributed by atoms with Gasteiger partial charge >= 0.3 is 5.97 Å². The first-order valence-corrected chi connectivity index (χ1v) is 8.95. The summed E-state index contributed by atoms with van der Waals surface area (Å²) in [5, 5.41) is 18.2. The summed E-state index contributed by atoms with van der Waals surface area (Å²) in [6, 6.07) is 0. The lowest BCUT2D eigenvalue weighted by Gasteiger charge is -1.91. The number of epoxide rings is 1. The predicted octanol–water partition coefficient (Wildman–Crippen LogP) is 5.08. The molecule has 4 heteroatoms. The first-order chi connectivity index (χ1) is 11.6. The van der Waals surface area contributed by atoms with E-state index in [2.05, 4.69) is 24.8 Å². The van der Waals surface area contributed by atoms with Crippen LogP contribution in [0.3, 0.4) is 0 Å². The molecule has 1 aliphatic heterocycles.